The summed E-state index contributed by atoms with van der Waals surface area (Å²) in [5.41, 5.74) is 7.79. The Morgan fingerprint density at radius 2 is 2.00 bits per heavy atom. The second-order valence-electron chi connectivity index (χ2n) is 3.59. The Balaban J connectivity index is 2.60. The lowest BCUT2D eigenvalue weighted by Gasteiger charge is -2.12. The highest BCUT2D eigenvalue weighted by atomic mass is 15.4. The van der Waals surface area contributed by atoms with Crippen molar-refractivity contribution in [3.8, 4) is 0 Å². The largest absolute Gasteiger partial charge is 0.368 e. The van der Waals surface area contributed by atoms with Gasteiger partial charge in [0.15, 0.2) is 5.82 Å². The van der Waals surface area contributed by atoms with Crippen LogP contribution in [0.25, 0.3) is 0 Å². The van der Waals surface area contributed by atoms with Crippen LogP contribution in [-0.2, 0) is 6.42 Å². The maximum atomic E-state index is 5.65. The zero-order chi connectivity index (χ0) is 10.3. The third kappa shape index (κ3) is 1.16. The number of nitrogens with two attached hydrogens (primary N) is 1. The summed E-state index contributed by atoms with van der Waals surface area (Å²) in [6.07, 6.45) is 0.882. The van der Waals surface area contributed by atoms with Gasteiger partial charge in [0.2, 0.25) is 5.95 Å². The van der Waals surface area contributed by atoms with Gasteiger partial charge >= 0.3 is 0 Å². The van der Waals surface area contributed by atoms with E-state index in [1.165, 1.54) is 0 Å². The molecule has 0 atom stereocenters. The average Bonchev–Trinajstić information content (AvgIpc) is 2.41. The van der Waals surface area contributed by atoms with E-state index in [4.69, 9.17) is 5.73 Å². The third-order valence-corrected chi connectivity index (χ3v) is 2.46. The van der Waals surface area contributed by atoms with Crippen LogP contribution in [0.15, 0.2) is 0 Å². The van der Waals surface area contributed by atoms with Crippen LogP contribution >= 0.6 is 0 Å². The number of anilines is 3. The highest BCUT2D eigenvalue weighted by molar-refractivity contribution is 5.75. The molecule has 0 radical (unpaired) electrons. The Morgan fingerprint density at radius 3 is 2.64 bits per heavy atom. The first-order valence-corrected chi connectivity index (χ1v) is 4.72. The average molecular weight is 193 g/mol. The van der Waals surface area contributed by atoms with Crippen LogP contribution in [0, 0.1) is 0 Å². The molecular formula is C9H15N5. The summed E-state index contributed by atoms with van der Waals surface area (Å²) in [6, 6.07) is 0. The van der Waals surface area contributed by atoms with Crippen molar-refractivity contribution in [2.24, 2.45) is 0 Å². The first kappa shape index (κ1) is 9.05. The van der Waals surface area contributed by atoms with Gasteiger partial charge in [-0.3, -0.25) is 0 Å². The molecule has 5 heteroatoms. The molecule has 14 heavy (non-hydrogen) atoms. The predicted octanol–water partition coefficient (Wildman–Crippen LogP) is 0.465. The minimum Gasteiger partial charge on any atom is -0.368 e. The smallest absolute Gasteiger partial charge is 0.222 e. The van der Waals surface area contributed by atoms with Crippen molar-refractivity contribution in [2.75, 3.05) is 36.3 Å². The van der Waals surface area contributed by atoms with Crippen LogP contribution in [0.2, 0.25) is 0 Å². The monoisotopic (exact) mass is 193 g/mol. The van der Waals surface area contributed by atoms with E-state index >= 15 is 0 Å². The Labute approximate surface area is 83.5 Å². The van der Waals surface area contributed by atoms with Crippen LogP contribution in [0.1, 0.15) is 12.6 Å². The van der Waals surface area contributed by atoms with E-state index in [-0.39, 0.29) is 0 Å². The quantitative estimate of drug-likeness (QED) is 0.702. The molecule has 0 unspecified atom stereocenters. The second kappa shape index (κ2) is 3.01. The van der Waals surface area contributed by atoms with Gasteiger partial charge < -0.3 is 15.5 Å². The molecule has 0 amide bonds. The minimum absolute atomic E-state index is 0.364. The lowest BCUT2D eigenvalue weighted by Crippen LogP contribution is -2.24. The summed E-state index contributed by atoms with van der Waals surface area (Å²) in [7, 11) is 4.05. The van der Waals surface area contributed by atoms with Crippen molar-refractivity contribution in [1.82, 2.24) is 9.97 Å². The van der Waals surface area contributed by atoms with E-state index in [0.29, 0.717) is 5.95 Å². The van der Waals surface area contributed by atoms with E-state index in [0.717, 1.165) is 30.3 Å². The van der Waals surface area contributed by atoms with Gasteiger partial charge in [-0.2, -0.15) is 4.98 Å². The predicted molar refractivity (Wildman–Crippen MR) is 57.5 cm³/mol. The standard InChI is InChI=1S/C9H15N5/c1-4-6-7-8(12-9(10)11-6)14(3)5-13(7)2/h4-5H2,1-3H3,(H2,10,11,12). The summed E-state index contributed by atoms with van der Waals surface area (Å²) in [4.78, 5) is 12.7. The normalized spacial score (nSPS) is 14.8. The van der Waals surface area contributed by atoms with Crippen molar-refractivity contribution >= 4 is 17.5 Å². The number of aryl methyl sites for hydroxylation is 1. The molecular weight excluding hydrogens is 178 g/mol. The van der Waals surface area contributed by atoms with Crippen LogP contribution in [0.3, 0.4) is 0 Å². The fraction of sp³-hybridized carbons (Fsp3) is 0.556. The van der Waals surface area contributed by atoms with Crippen LogP contribution < -0.4 is 15.5 Å². The zero-order valence-electron chi connectivity index (χ0n) is 8.78. The number of nitrogen functional groups attached to an aromatic ring is 1. The molecule has 5 nitrogen and oxygen atoms in total. The molecule has 0 spiro atoms. The SMILES string of the molecule is CCc1nc(N)nc2c1N(C)CN2C. The van der Waals surface area contributed by atoms with E-state index in [2.05, 4.69) is 26.7 Å². The molecule has 0 fully saturated rings. The highest BCUT2D eigenvalue weighted by Crippen LogP contribution is 2.35. The minimum atomic E-state index is 0.364. The van der Waals surface area contributed by atoms with Crippen LogP contribution in [0.4, 0.5) is 17.5 Å². The number of fused-ring (bicyclic) bond motifs is 1. The maximum absolute atomic E-state index is 5.65. The number of hydrogen-bond acceptors (Lipinski definition) is 5. The highest BCUT2D eigenvalue weighted by Gasteiger charge is 2.25. The molecule has 0 saturated carbocycles. The topological polar surface area (TPSA) is 58.3 Å². The second-order valence-corrected chi connectivity index (χ2v) is 3.59. The molecule has 1 aliphatic heterocycles. The number of aromatic nitrogens is 2. The van der Waals surface area contributed by atoms with E-state index in [9.17, 15) is 0 Å². The molecule has 0 aromatic carbocycles. The molecule has 0 aliphatic carbocycles. The molecule has 2 heterocycles. The molecule has 0 bridgehead atoms. The van der Waals surface area contributed by atoms with E-state index < -0.39 is 0 Å². The summed E-state index contributed by atoms with van der Waals surface area (Å²) < 4.78 is 0. The molecule has 0 saturated heterocycles. The van der Waals surface area contributed by atoms with Crippen molar-refractivity contribution in [3.63, 3.8) is 0 Å². The zero-order valence-corrected chi connectivity index (χ0v) is 8.78. The van der Waals surface area contributed by atoms with Gasteiger partial charge in [-0.1, -0.05) is 6.92 Å². The summed E-state index contributed by atoms with van der Waals surface area (Å²) in [6.45, 7) is 2.93. The fourth-order valence-corrected chi connectivity index (χ4v) is 1.87. The number of rotatable bonds is 1. The first-order valence-electron chi connectivity index (χ1n) is 4.72. The van der Waals surface area contributed by atoms with Gasteiger partial charge in [-0.15, -0.1) is 0 Å². The summed E-state index contributed by atoms with van der Waals surface area (Å²) in [5, 5.41) is 0. The van der Waals surface area contributed by atoms with Crippen molar-refractivity contribution in [2.45, 2.75) is 13.3 Å². The number of nitrogens with zero attached hydrogens (tertiary/aromatic N) is 4. The lowest BCUT2D eigenvalue weighted by molar-refractivity contribution is 0.904. The molecule has 76 valence electrons. The van der Waals surface area contributed by atoms with Crippen molar-refractivity contribution in [3.05, 3.63) is 5.69 Å². The van der Waals surface area contributed by atoms with Gasteiger partial charge in [0.1, 0.15) is 5.69 Å². The molecule has 1 aliphatic rings. The Bertz CT molecular complexity index is 362. The van der Waals surface area contributed by atoms with Crippen LogP contribution in [-0.4, -0.2) is 30.7 Å². The Morgan fingerprint density at radius 1 is 1.29 bits per heavy atom. The fourth-order valence-electron chi connectivity index (χ4n) is 1.87. The van der Waals surface area contributed by atoms with Gasteiger partial charge in [-0.05, 0) is 6.42 Å². The van der Waals surface area contributed by atoms with Gasteiger partial charge in [0.05, 0.1) is 12.4 Å². The molecule has 1 aromatic rings. The lowest BCUT2D eigenvalue weighted by atomic mass is 10.2. The van der Waals surface area contributed by atoms with Crippen molar-refractivity contribution in [1.29, 1.82) is 0 Å². The van der Waals surface area contributed by atoms with Crippen molar-refractivity contribution < 1.29 is 0 Å². The van der Waals surface area contributed by atoms with Gasteiger partial charge in [0, 0.05) is 14.1 Å². The van der Waals surface area contributed by atoms with Gasteiger partial charge in [0.25, 0.3) is 0 Å². The van der Waals surface area contributed by atoms with E-state index in [1.54, 1.807) is 0 Å². The number of hydrogen-bond donors (Lipinski definition) is 1. The molecule has 1 aromatic heterocycles. The summed E-state index contributed by atoms with van der Waals surface area (Å²) >= 11 is 0. The summed E-state index contributed by atoms with van der Waals surface area (Å²) in [5.74, 6) is 1.31. The third-order valence-electron chi connectivity index (χ3n) is 2.46. The Kier molecular flexibility index (Phi) is 1.94. The maximum Gasteiger partial charge on any atom is 0.222 e. The molecule has 2 N–H and O–H groups in total. The van der Waals surface area contributed by atoms with Gasteiger partial charge in [-0.25, -0.2) is 4.98 Å². The molecule has 2 rings (SSSR count). The first-order chi connectivity index (χ1) is 6.63. The van der Waals surface area contributed by atoms with E-state index in [1.807, 2.05) is 14.1 Å². The Hall–Kier alpha value is -1.52. The van der Waals surface area contributed by atoms with Crippen LogP contribution in [0.5, 0.6) is 0 Å².